The average molecular weight is 480 g/mol. The van der Waals surface area contributed by atoms with Crippen LogP contribution in [0.25, 0.3) is 33.1 Å². The summed E-state index contributed by atoms with van der Waals surface area (Å²) in [6.07, 6.45) is 1.48. The van der Waals surface area contributed by atoms with Crippen LogP contribution in [-0.4, -0.2) is 19.7 Å². The molecule has 0 amide bonds. The Morgan fingerprint density at radius 2 is 1.76 bits per heavy atom. The van der Waals surface area contributed by atoms with Gasteiger partial charge in [-0.15, -0.1) is 12.4 Å². The third-order valence-electron chi connectivity index (χ3n) is 5.44. The minimum atomic E-state index is 0. The molecule has 0 radical (unpaired) electrons. The van der Waals surface area contributed by atoms with Crippen molar-refractivity contribution in [1.29, 1.82) is 0 Å². The lowest BCUT2D eigenvalue weighted by Crippen LogP contribution is -2.04. The maximum Gasteiger partial charge on any atom is 0.164 e. The summed E-state index contributed by atoms with van der Waals surface area (Å²) in [6, 6.07) is 20.1. The van der Waals surface area contributed by atoms with Crippen LogP contribution in [0.3, 0.4) is 0 Å². The number of hydrogen-bond donors (Lipinski definition) is 1. The third-order valence-corrected chi connectivity index (χ3v) is 5.81. The lowest BCUT2D eigenvalue weighted by Gasteiger charge is -2.09. The minimum Gasteiger partial charge on any atom is -0.489 e. The van der Waals surface area contributed by atoms with Crippen molar-refractivity contribution in [3.8, 4) is 17.0 Å². The normalized spacial score (nSPS) is 11.2. The van der Waals surface area contributed by atoms with Gasteiger partial charge in [0.2, 0.25) is 0 Å². The lowest BCUT2D eigenvalue weighted by molar-refractivity contribution is 0.307. The van der Waals surface area contributed by atoms with Gasteiger partial charge in [0.15, 0.2) is 5.65 Å². The lowest BCUT2D eigenvalue weighted by atomic mass is 10.0. The molecule has 3 aromatic carbocycles. The van der Waals surface area contributed by atoms with Crippen LogP contribution in [0, 0.1) is 0 Å². The van der Waals surface area contributed by atoms with Crippen molar-refractivity contribution in [2.24, 2.45) is 0 Å². The van der Waals surface area contributed by atoms with Crippen molar-refractivity contribution in [2.75, 3.05) is 5.73 Å². The first-order chi connectivity index (χ1) is 15.5. The molecule has 0 saturated carbocycles. The Hall–Kier alpha value is -3.35. The largest absolute Gasteiger partial charge is 0.489 e. The van der Waals surface area contributed by atoms with Crippen molar-refractivity contribution in [3.05, 3.63) is 77.6 Å². The zero-order valence-electron chi connectivity index (χ0n) is 18.2. The van der Waals surface area contributed by atoms with E-state index in [2.05, 4.69) is 35.9 Å². The maximum atomic E-state index is 6.23. The van der Waals surface area contributed by atoms with Crippen LogP contribution in [0.15, 0.2) is 67.0 Å². The predicted molar refractivity (Wildman–Crippen MR) is 136 cm³/mol. The van der Waals surface area contributed by atoms with Crippen molar-refractivity contribution < 1.29 is 4.74 Å². The fourth-order valence-corrected chi connectivity index (χ4v) is 3.99. The molecule has 5 rings (SSSR count). The van der Waals surface area contributed by atoms with Gasteiger partial charge < -0.3 is 10.5 Å². The average Bonchev–Trinajstić information content (AvgIpc) is 3.19. The molecule has 0 aliphatic heterocycles. The van der Waals surface area contributed by atoms with Crippen LogP contribution in [0.5, 0.6) is 5.75 Å². The van der Waals surface area contributed by atoms with E-state index in [-0.39, 0.29) is 18.4 Å². The number of rotatable bonds is 5. The first kappa shape index (κ1) is 22.8. The van der Waals surface area contributed by atoms with Gasteiger partial charge in [-0.05, 0) is 48.9 Å². The summed E-state index contributed by atoms with van der Waals surface area (Å²) in [5, 5.41) is 8.44. The van der Waals surface area contributed by atoms with Crippen LogP contribution in [0.2, 0.25) is 5.02 Å². The second-order valence-electron chi connectivity index (χ2n) is 7.95. The Balaban J connectivity index is 0.00000259. The molecule has 0 aliphatic carbocycles. The van der Waals surface area contributed by atoms with Gasteiger partial charge in [0.1, 0.15) is 30.2 Å². The Morgan fingerprint density at radius 1 is 1.00 bits per heavy atom. The van der Waals surface area contributed by atoms with E-state index in [0.717, 1.165) is 44.4 Å². The monoisotopic (exact) mass is 479 g/mol. The quantitative estimate of drug-likeness (QED) is 0.312. The van der Waals surface area contributed by atoms with E-state index in [9.17, 15) is 0 Å². The maximum absolute atomic E-state index is 6.23. The van der Waals surface area contributed by atoms with Crippen LogP contribution in [0.1, 0.15) is 25.5 Å². The third kappa shape index (κ3) is 4.32. The van der Waals surface area contributed by atoms with Crippen LogP contribution >= 0.6 is 24.0 Å². The molecule has 0 atom stereocenters. The highest BCUT2D eigenvalue weighted by atomic mass is 35.5. The van der Waals surface area contributed by atoms with Crippen molar-refractivity contribution in [2.45, 2.75) is 26.5 Å². The number of fused-ring (bicyclic) bond motifs is 2. The first-order valence-electron chi connectivity index (χ1n) is 10.4. The molecule has 5 aromatic rings. The van der Waals surface area contributed by atoms with Crippen LogP contribution in [0.4, 0.5) is 5.82 Å². The molecule has 168 valence electrons. The van der Waals surface area contributed by atoms with E-state index in [0.29, 0.717) is 17.4 Å². The van der Waals surface area contributed by atoms with Crippen molar-refractivity contribution >= 4 is 51.6 Å². The minimum absolute atomic E-state index is 0. The Kier molecular flexibility index (Phi) is 6.40. The SMILES string of the molecule is CC(C)n1nc(-c2ccc3cc(OCc4ccccc4Cl)ccc3c2)c2c(N)ncnc21.Cl. The summed E-state index contributed by atoms with van der Waals surface area (Å²) in [4.78, 5) is 8.60. The summed E-state index contributed by atoms with van der Waals surface area (Å²) >= 11 is 6.23. The highest BCUT2D eigenvalue weighted by molar-refractivity contribution is 6.31. The van der Waals surface area contributed by atoms with Crippen molar-refractivity contribution in [1.82, 2.24) is 19.7 Å². The standard InChI is InChI=1S/C25H22ClN5O.ClH/c1-15(2)31-25-22(24(27)28-14-29-25)23(30-31)18-8-7-17-12-20(10-9-16(17)11-18)32-13-19-5-3-4-6-21(19)26;/h3-12,14-15H,13H2,1-2H3,(H2,27,28,29);1H. The molecule has 2 heterocycles. The molecule has 0 bridgehead atoms. The summed E-state index contributed by atoms with van der Waals surface area (Å²) in [5.41, 5.74) is 9.65. The number of benzene rings is 3. The Labute approximate surface area is 202 Å². The van der Waals surface area contributed by atoms with E-state index in [1.54, 1.807) is 0 Å². The number of anilines is 1. The second-order valence-corrected chi connectivity index (χ2v) is 8.36. The van der Waals surface area contributed by atoms with E-state index in [1.807, 2.05) is 53.2 Å². The molecule has 0 saturated heterocycles. The molecular weight excluding hydrogens is 457 g/mol. The number of halogens is 2. The number of nitrogen functional groups attached to an aromatic ring is 1. The topological polar surface area (TPSA) is 78.9 Å². The molecule has 33 heavy (non-hydrogen) atoms. The molecule has 0 unspecified atom stereocenters. The first-order valence-corrected chi connectivity index (χ1v) is 10.8. The molecule has 0 fully saturated rings. The summed E-state index contributed by atoms with van der Waals surface area (Å²) < 4.78 is 7.85. The zero-order chi connectivity index (χ0) is 22.2. The number of nitrogens with zero attached hydrogens (tertiary/aromatic N) is 4. The molecule has 2 N–H and O–H groups in total. The number of ether oxygens (including phenoxy) is 1. The Morgan fingerprint density at radius 3 is 2.55 bits per heavy atom. The predicted octanol–water partition coefficient (Wildman–Crippen LogP) is 6.46. The highest BCUT2D eigenvalue weighted by Crippen LogP contribution is 2.34. The van der Waals surface area contributed by atoms with Gasteiger partial charge >= 0.3 is 0 Å². The molecule has 0 spiro atoms. The fourth-order valence-electron chi connectivity index (χ4n) is 3.79. The molecule has 0 aliphatic rings. The van der Waals surface area contributed by atoms with Gasteiger partial charge in [-0.25, -0.2) is 14.6 Å². The van der Waals surface area contributed by atoms with Crippen molar-refractivity contribution in [3.63, 3.8) is 0 Å². The van der Waals surface area contributed by atoms with Crippen LogP contribution < -0.4 is 10.5 Å². The van der Waals surface area contributed by atoms with Crippen LogP contribution in [-0.2, 0) is 6.61 Å². The number of nitrogens with two attached hydrogens (primary N) is 1. The van der Waals surface area contributed by atoms with Gasteiger partial charge in [0.25, 0.3) is 0 Å². The van der Waals surface area contributed by atoms with Gasteiger partial charge in [-0.2, -0.15) is 5.10 Å². The second kappa shape index (κ2) is 9.25. The smallest absolute Gasteiger partial charge is 0.164 e. The van der Waals surface area contributed by atoms with Gasteiger partial charge in [-0.1, -0.05) is 48.0 Å². The zero-order valence-corrected chi connectivity index (χ0v) is 19.8. The summed E-state index contributed by atoms with van der Waals surface area (Å²) in [7, 11) is 0. The van der Waals surface area contributed by atoms with E-state index in [4.69, 9.17) is 27.2 Å². The van der Waals surface area contributed by atoms with E-state index < -0.39 is 0 Å². The Bertz CT molecular complexity index is 1450. The molecule has 2 aromatic heterocycles. The molecule has 6 nitrogen and oxygen atoms in total. The van der Waals surface area contributed by atoms with Gasteiger partial charge in [0.05, 0.1) is 5.39 Å². The summed E-state index contributed by atoms with van der Waals surface area (Å²) in [5.74, 6) is 1.22. The van der Waals surface area contributed by atoms with E-state index in [1.165, 1.54) is 6.33 Å². The fraction of sp³-hybridized carbons (Fsp3) is 0.160. The highest BCUT2D eigenvalue weighted by Gasteiger charge is 2.18. The van der Waals surface area contributed by atoms with Gasteiger partial charge in [0, 0.05) is 22.2 Å². The molecule has 8 heteroatoms. The van der Waals surface area contributed by atoms with Gasteiger partial charge in [-0.3, -0.25) is 0 Å². The summed E-state index contributed by atoms with van der Waals surface area (Å²) in [6.45, 7) is 4.55. The van der Waals surface area contributed by atoms with E-state index >= 15 is 0 Å². The number of hydrogen-bond acceptors (Lipinski definition) is 5. The number of aromatic nitrogens is 4. The molecular formula is C25H23Cl2N5O.